The minimum Gasteiger partial charge on any atom is -0.344 e. The summed E-state index contributed by atoms with van der Waals surface area (Å²) in [5.74, 6) is 0.795. The van der Waals surface area contributed by atoms with Crippen LogP contribution in [0.3, 0.4) is 0 Å². The van der Waals surface area contributed by atoms with Gasteiger partial charge in [-0.2, -0.15) is 0 Å². The summed E-state index contributed by atoms with van der Waals surface area (Å²) in [7, 11) is 0. The molecule has 1 aromatic heterocycles. The molecule has 0 saturated heterocycles. The highest BCUT2D eigenvalue weighted by molar-refractivity contribution is 5.90. The van der Waals surface area contributed by atoms with Crippen molar-refractivity contribution in [2.45, 2.75) is 57.9 Å². The molecule has 5 heteroatoms. The first-order valence-electron chi connectivity index (χ1n) is 6.06. The summed E-state index contributed by atoms with van der Waals surface area (Å²) in [4.78, 5) is 16.2. The second-order valence-electron chi connectivity index (χ2n) is 6.13. The molecule has 1 heterocycles. The zero-order valence-corrected chi connectivity index (χ0v) is 10.9. The Morgan fingerprint density at radius 3 is 2.47 bits per heavy atom. The fraction of sp³-hybridized carbons (Fsp3) is 0.750. The number of hydrogen-bond donors (Lipinski definition) is 2. The van der Waals surface area contributed by atoms with E-state index in [1.54, 1.807) is 0 Å². The van der Waals surface area contributed by atoms with Gasteiger partial charge < -0.3 is 5.32 Å². The van der Waals surface area contributed by atoms with Crippen LogP contribution in [0.2, 0.25) is 0 Å². The van der Waals surface area contributed by atoms with Crippen LogP contribution in [-0.4, -0.2) is 26.6 Å². The Hall–Kier alpha value is -1.39. The summed E-state index contributed by atoms with van der Waals surface area (Å²) in [6, 6.07) is 0. The largest absolute Gasteiger partial charge is 0.344 e. The lowest BCUT2D eigenvalue weighted by molar-refractivity contribution is 0.0840. The first-order valence-corrected chi connectivity index (χ1v) is 6.06. The maximum atomic E-state index is 11.9. The van der Waals surface area contributed by atoms with Gasteiger partial charge in [-0.15, -0.1) is 5.10 Å². The molecule has 1 amide bonds. The van der Waals surface area contributed by atoms with E-state index in [1.165, 1.54) is 6.42 Å². The van der Waals surface area contributed by atoms with Gasteiger partial charge in [0.15, 0.2) is 0 Å². The van der Waals surface area contributed by atoms with E-state index >= 15 is 0 Å². The van der Waals surface area contributed by atoms with E-state index in [1.807, 2.05) is 20.8 Å². The minimum atomic E-state index is -0.182. The van der Waals surface area contributed by atoms with Crippen molar-refractivity contribution >= 4 is 5.91 Å². The van der Waals surface area contributed by atoms with Crippen molar-refractivity contribution in [2.75, 3.05) is 0 Å². The van der Waals surface area contributed by atoms with Gasteiger partial charge in [-0.25, -0.2) is 4.98 Å². The van der Waals surface area contributed by atoms with Crippen LogP contribution in [0.1, 0.15) is 63.4 Å². The predicted octanol–water partition coefficient (Wildman–Crippen LogP) is 1.77. The number of H-pyrrole nitrogens is 1. The lowest BCUT2D eigenvalue weighted by Crippen LogP contribution is -2.51. The molecule has 1 saturated carbocycles. The normalized spacial score (nSPS) is 18.6. The third kappa shape index (κ3) is 2.48. The van der Waals surface area contributed by atoms with Gasteiger partial charge in [0.05, 0.1) is 0 Å². The van der Waals surface area contributed by atoms with Gasteiger partial charge in [0.2, 0.25) is 5.82 Å². The predicted molar refractivity (Wildman–Crippen MR) is 64.8 cm³/mol. The topological polar surface area (TPSA) is 70.7 Å². The van der Waals surface area contributed by atoms with Gasteiger partial charge in [0.25, 0.3) is 5.91 Å². The van der Waals surface area contributed by atoms with Crippen LogP contribution in [-0.2, 0) is 5.41 Å². The Labute approximate surface area is 101 Å². The van der Waals surface area contributed by atoms with E-state index in [2.05, 4.69) is 27.4 Å². The number of amides is 1. The fourth-order valence-electron chi connectivity index (χ4n) is 1.86. The summed E-state index contributed by atoms with van der Waals surface area (Å²) in [5, 5.41) is 9.79. The molecule has 2 rings (SSSR count). The SMILES string of the molecule is CC1(NC(=O)c2n[nH]c(C(C)(C)C)n2)CCC1. The van der Waals surface area contributed by atoms with Crippen LogP contribution >= 0.6 is 0 Å². The van der Waals surface area contributed by atoms with Crippen LogP contribution in [0.4, 0.5) is 0 Å². The van der Waals surface area contributed by atoms with E-state index in [4.69, 9.17) is 0 Å². The molecule has 1 aliphatic rings. The fourth-order valence-corrected chi connectivity index (χ4v) is 1.86. The second kappa shape index (κ2) is 3.82. The Morgan fingerprint density at radius 2 is 2.06 bits per heavy atom. The molecule has 2 N–H and O–H groups in total. The van der Waals surface area contributed by atoms with Crippen molar-refractivity contribution in [3.05, 3.63) is 11.6 Å². The molecule has 1 aliphatic carbocycles. The molecular formula is C12H20N4O. The molecule has 5 nitrogen and oxygen atoms in total. The average Bonchev–Trinajstić information content (AvgIpc) is 2.63. The highest BCUT2D eigenvalue weighted by Crippen LogP contribution is 2.31. The molecule has 0 aliphatic heterocycles. The summed E-state index contributed by atoms with van der Waals surface area (Å²) in [5.41, 5.74) is -0.175. The second-order valence-corrected chi connectivity index (χ2v) is 6.13. The van der Waals surface area contributed by atoms with Crippen molar-refractivity contribution in [2.24, 2.45) is 0 Å². The van der Waals surface area contributed by atoms with Gasteiger partial charge in [-0.1, -0.05) is 20.8 Å². The van der Waals surface area contributed by atoms with Crippen LogP contribution in [0.25, 0.3) is 0 Å². The van der Waals surface area contributed by atoms with Crippen molar-refractivity contribution < 1.29 is 4.79 Å². The van der Waals surface area contributed by atoms with Gasteiger partial charge in [-0.3, -0.25) is 9.89 Å². The number of nitrogens with zero attached hydrogens (tertiary/aromatic N) is 2. The number of carbonyl (C=O) groups is 1. The molecule has 0 atom stereocenters. The Morgan fingerprint density at radius 1 is 1.41 bits per heavy atom. The lowest BCUT2D eigenvalue weighted by atomic mass is 9.78. The highest BCUT2D eigenvalue weighted by atomic mass is 16.2. The van der Waals surface area contributed by atoms with Crippen LogP contribution in [0.15, 0.2) is 0 Å². The molecule has 0 bridgehead atoms. The zero-order chi connectivity index (χ0) is 12.7. The maximum Gasteiger partial charge on any atom is 0.291 e. The molecule has 94 valence electrons. The summed E-state index contributed by atoms with van der Waals surface area (Å²) >= 11 is 0. The Kier molecular flexibility index (Phi) is 2.72. The van der Waals surface area contributed by atoms with Gasteiger partial charge >= 0.3 is 0 Å². The Balaban J connectivity index is 2.07. The minimum absolute atomic E-state index is 0.0559. The summed E-state index contributed by atoms with van der Waals surface area (Å²) in [6.07, 6.45) is 3.25. The molecule has 1 aromatic rings. The third-order valence-electron chi connectivity index (χ3n) is 3.27. The van der Waals surface area contributed by atoms with E-state index in [-0.39, 0.29) is 22.7 Å². The van der Waals surface area contributed by atoms with E-state index < -0.39 is 0 Å². The van der Waals surface area contributed by atoms with Crippen molar-refractivity contribution in [1.29, 1.82) is 0 Å². The number of hydrogen-bond acceptors (Lipinski definition) is 3. The molecule has 0 aromatic carbocycles. The van der Waals surface area contributed by atoms with Crippen molar-refractivity contribution in [1.82, 2.24) is 20.5 Å². The van der Waals surface area contributed by atoms with Gasteiger partial charge in [-0.05, 0) is 26.2 Å². The number of aromatic amines is 1. The third-order valence-corrected chi connectivity index (χ3v) is 3.27. The van der Waals surface area contributed by atoms with Crippen LogP contribution in [0, 0.1) is 0 Å². The first kappa shape index (κ1) is 12.1. The standard InChI is InChI=1S/C12H20N4O/c1-11(2,3)10-13-8(15-16-10)9(17)14-12(4)6-5-7-12/h5-7H2,1-4H3,(H,14,17)(H,13,15,16). The molecule has 0 radical (unpaired) electrons. The van der Waals surface area contributed by atoms with E-state index in [9.17, 15) is 4.79 Å². The molecule has 0 spiro atoms. The maximum absolute atomic E-state index is 11.9. The lowest BCUT2D eigenvalue weighted by Gasteiger charge is -2.38. The smallest absolute Gasteiger partial charge is 0.291 e. The van der Waals surface area contributed by atoms with Crippen LogP contribution in [0.5, 0.6) is 0 Å². The van der Waals surface area contributed by atoms with Gasteiger partial charge in [0.1, 0.15) is 5.82 Å². The summed E-state index contributed by atoms with van der Waals surface area (Å²) < 4.78 is 0. The molecule has 17 heavy (non-hydrogen) atoms. The van der Waals surface area contributed by atoms with Crippen molar-refractivity contribution in [3.8, 4) is 0 Å². The molecule has 0 unspecified atom stereocenters. The number of nitrogens with one attached hydrogen (secondary N) is 2. The quantitative estimate of drug-likeness (QED) is 0.822. The first-order chi connectivity index (χ1) is 7.80. The molecular weight excluding hydrogens is 216 g/mol. The zero-order valence-electron chi connectivity index (χ0n) is 10.9. The summed E-state index contributed by atoms with van der Waals surface area (Å²) in [6.45, 7) is 8.15. The molecule has 1 fully saturated rings. The number of carbonyl (C=O) groups excluding carboxylic acids is 1. The number of aromatic nitrogens is 3. The van der Waals surface area contributed by atoms with E-state index in [0.717, 1.165) is 18.7 Å². The highest BCUT2D eigenvalue weighted by Gasteiger charge is 2.34. The number of rotatable bonds is 2. The van der Waals surface area contributed by atoms with Crippen LogP contribution < -0.4 is 5.32 Å². The van der Waals surface area contributed by atoms with E-state index in [0.29, 0.717) is 0 Å². The van der Waals surface area contributed by atoms with Crippen molar-refractivity contribution in [3.63, 3.8) is 0 Å². The monoisotopic (exact) mass is 236 g/mol. The Bertz CT molecular complexity index is 426. The average molecular weight is 236 g/mol. The van der Waals surface area contributed by atoms with Gasteiger partial charge in [0, 0.05) is 11.0 Å².